The molecule has 1 aliphatic carbocycles. The van der Waals surface area contributed by atoms with Crippen LogP contribution < -0.4 is 21.1 Å². The third-order valence-electron chi connectivity index (χ3n) is 6.19. The van der Waals surface area contributed by atoms with Crippen molar-refractivity contribution in [3.63, 3.8) is 0 Å². The lowest BCUT2D eigenvalue weighted by Crippen LogP contribution is -2.52. The third-order valence-corrected chi connectivity index (χ3v) is 7.93. The van der Waals surface area contributed by atoms with E-state index in [0.29, 0.717) is 38.9 Å². The van der Waals surface area contributed by atoms with E-state index in [1.807, 2.05) is 6.92 Å². The van der Waals surface area contributed by atoms with Gasteiger partial charge in [0.15, 0.2) is 0 Å². The summed E-state index contributed by atoms with van der Waals surface area (Å²) >= 11 is 6.20. The Balaban J connectivity index is 1.55. The number of ether oxygens (including phenoxy) is 1. The molecule has 28 heavy (non-hydrogen) atoms. The van der Waals surface area contributed by atoms with Crippen molar-refractivity contribution >= 4 is 27.5 Å². The Morgan fingerprint density at radius 1 is 1.29 bits per heavy atom. The van der Waals surface area contributed by atoms with Gasteiger partial charge in [0, 0.05) is 25.8 Å². The lowest BCUT2D eigenvalue weighted by atomic mass is 9.72. The second-order valence-corrected chi connectivity index (χ2v) is 10.5. The number of alkyl halides is 2. The number of rotatable bonds is 6. The quantitative estimate of drug-likeness (QED) is 0.353. The summed E-state index contributed by atoms with van der Waals surface area (Å²) in [6, 6.07) is 0.201. The number of carbonyl (C=O) groups excluding carboxylic acids is 1. The maximum Gasteiger partial charge on any atom is 0.241 e. The summed E-state index contributed by atoms with van der Waals surface area (Å²) in [5, 5.41) is -0.763. The highest BCUT2D eigenvalue weighted by Gasteiger charge is 2.45. The molecule has 3 aliphatic rings. The van der Waals surface area contributed by atoms with Crippen molar-refractivity contribution in [2.45, 2.75) is 50.2 Å². The summed E-state index contributed by atoms with van der Waals surface area (Å²) in [7, 11) is -3.70. The monoisotopic (exact) mass is 440 g/mol. The van der Waals surface area contributed by atoms with Crippen molar-refractivity contribution in [3.8, 4) is 0 Å². The topological polar surface area (TPSA) is 109 Å². The van der Waals surface area contributed by atoms with Gasteiger partial charge in [-0.1, -0.05) is 0 Å². The van der Waals surface area contributed by atoms with Crippen LogP contribution in [-0.2, 0) is 19.6 Å². The number of halogens is 2. The highest BCUT2D eigenvalue weighted by atomic mass is 35.5. The van der Waals surface area contributed by atoms with E-state index in [0.717, 1.165) is 6.54 Å². The van der Waals surface area contributed by atoms with Crippen LogP contribution in [-0.4, -0.2) is 57.4 Å². The number of hydrazine groups is 2. The highest BCUT2D eigenvalue weighted by molar-refractivity contribution is 7.89. The van der Waals surface area contributed by atoms with Gasteiger partial charge in [-0.15, -0.1) is 16.4 Å². The van der Waals surface area contributed by atoms with Crippen LogP contribution in [0.1, 0.15) is 32.6 Å². The average Bonchev–Trinajstić information content (AvgIpc) is 3.08. The smallest absolute Gasteiger partial charge is 0.241 e. The SMILES string of the molecule is CC1NNCC1C1CC(Cl)C(F)C(C(=O)NNS(=O)(=O)CC2CCOCC2)C1. The zero-order valence-electron chi connectivity index (χ0n) is 16.0. The number of sulfonamides is 1. The van der Waals surface area contributed by atoms with E-state index in [4.69, 9.17) is 16.3 Å². The molecule has 6 unspecified atom stereocenters. The minimum Gasteiger partial charge on any atom is -0.381 e. The summed E-state index contributed by atoms with van der Waals surface area (Å²) in [5.41, 5.74) is 8.44. The molecule has 6 atom stereocenters. The van der Waals surface area contributed by atoms with Gasteiger partial charge < -0.3 is 4.74 Å². The summed E-state index contributed by atoms with van der Waals surface area (Å²) in [4.78, 5) is 14.7. The van der Waals surface area contributed by atoms with E-state index in [9.17, 15) is 17.6 Å². The first-order valence-electron chi connectivity index (χ1n) is 9.90. The predicted octanol–water partition coefficient (Wildman–Crippen LogP) is 0.448. The Morgan fingerprint density at radius 3 is 2.64 bits per heavy atom. The Hall–Kier alpha value is -0.520. The van der Waals surface area contributed by atoms with Crippen molar-refractivity contribution in [2.75, 3.05) is 25.5 Å². The van der Waals surface area contributed by atoms with Gasteiger partial charge in [-0.25, -0.2) is 12.8 Å². The number of hydrogen-bond acceptors (Lipinski definition) is 6. The van der Waals surface area contributed by atoms with Gasteiger partial charge in [-0.2, -0.15) is 0 Å². The second kappa shape index (κ2) is 9.53. The lowest BCUT2D eigenvalue weighted by Gasteiger charge is -2.38. The van der Waals surface area contributed by atoms with E-state index in [1.165, 1.54) is 0 Å². The molecule has 1 saturated carbocycles. The first-order chi connectivity index (χ1) is 13.3. The van der Waals surface area contributed by atoms with Gasteiger partial charge >= 0.3 is 0 Å². The molecule has 3 rings (SSSR count). The van der Waals surface area contributed by atoms with E-state index >= 15 is 0 Å². The molecule has 0 spiro atoms. The lowest BCUT2D eigenvalue weighted by molar-refractivity contribution is -0.129. The maximum atomic E-state index is 14.6. The zero-order chi connectivity index (χ0) is 20.3. The molecule has 11 heteroatoms. The Labute approximate surface area is 170 Å². The van der Waals surface area contributed by atoms with Gasteiger partial charge in [0.1, 0.15) is 6.17 Å². The molecule has 0 aromatic heterocycles. The van der Waals surface area contributed by atoms with Gasteiger partial charge in [-0.3, -0.25) is 21.1 Å². The van der Waals surface area contributed by atoms with E-state index in [-0.39, 0.29) is 29.5 Å². The van der Waals surface area contributed by atoms with Crippen LogP contribution in [0.4, 0.5) is 4.39 Å². The number of hydrogen-bond donors (Lipinski definition) is 4. The van der Waals surface area contributed by atoms with Gasteiger partial charge in [0.2, 0.25) is 15.9 Å². The van der Waals surface area contributed by atoms with Crippen molar-refractivity contribution in [1.29, 1.82) is 0 Å². The van der Waals surface area contributed by atoms with Crippen molar-refractivity contribution in [2.24, 2.45) is 23.7 Å². The van der Waals surface area contributed by atoms with Crippen LogP contribution in [0.2, 0.25) is 0 Å². The third kappa shape index (κ3) is 5.54. The molecule has 0 radical (unpaired) electrons. The van der Waals surface area contributed by atoms with Crippen LogP contribution in [0.3, 0.4) is 0 Å². The largest absolute Gasteiger partial charge is 0.381 e. The molecule has 162 valence electrons. The molecular weight excluding hydrogens is 411 g/mol. The minimum absolute atomic E-state index is 0.00721. The fraction of sp³-hybridized carbons (Fsp3) is 0.941. The fourth-order valence-corrected chi connectivity index (χ4v) is 6.21. The predicted molar refractivity (Wildman–Crippen MR) is 103 cm³/mol. The second-order valence-electron chi connectivity index (χ2n) is 8.20. The fourth-order valence-electron chi connectivity index (χ4n) is 4.51. The average molecular weight is 441 g/mol. The van der Waals surface area contributed by atoms with Crippen molar-refractivity contribution in [1.82, 2.24) is 21.1 Å². The molecule has 1 amide bonds. The molecule has 2 saturated heterocycles. The van der Waals surface area contributed by atoms with Crippen LogP contribution >= 0.6 is 11.6 Å². The summed E-state index contributed by atoms with van der Waals surface area (Å²) in [6.07, 6.45) is 0.676. The molecule has 8 nitrogen and oxygen atoms in total. The molecule has 3 fully saturated rings. The van der Waals surface area contributed by atoms with E-state index < -0.39 is 33.4 Å². The minimum atomic E-state index is -3.70. The van der Waals surface area contributed by atoms with E-state index in [1.54, 1.807) is 0 Å². The number of nitrogens with one attached hydrogen (secondary N) is 4. The Morgan fingerprint density at radius 2 is 2.00 bits per heavy atom. The molecule has 0 aromatic rings. The Kier molecular flexibility index (Phi) is 7.54. The van der Waals surface area contributed by atoms with Crippen LogP contribution in [0.25, 0.3) is 0 Å². The normalized spacial score (nSPS) is 37.7. The standard InChI is InChI=1S/C17H30ClFN4O4S/c1-10-14(8-20-21-10)12-6-13(16(19)15(18)7-12)17(24)22-23-28(25,26)9-11-2-4-27-5-3-11/h10-16,20-21,23H,2-9H2,1H3,(H,22,24). The molecule has 0 aromatic carbocycles. The van der Waals surface area contributed by atoms with Crippen molar-refractivity contribution < 1.29 is 22.3 Å². The maximum absolute atomic E-state index is 14.6. The van der Waals surface area contributed by atoms with Gasteiger partial charge in [0.25, 0.3) is 0 Å². The van der Waals surface area contributed by atoms with Crippen molar-refractivity contribution in [3.05, 3.63) is 0 Å². The highest BCUT2D eigenvalue weighted by Crippen LogP contribution is 2.40. The number of amides is 1. The summed E-state index contributed by atoms with van der Waals surface area (Å²) in [5.74, 6) is -1.40. The number of carbonyl (C=O) groups is 1. The zero-order valence-corrected chi connectivity index (χ0v) is 17.6. The molecular formula is C17H30ClFN4O4S. The van der Waals surface area contributed by atoms with Crippen LogP contribution in [0.15, 0.2) is 0 Å². The van der Waals surface area contributed by atoms with Gasteiger partial charge in [0.05, 0.1) is 17.0 Å². The van der Waals surface area contributed by atoms with Gasteiger partial charge in [-0.05, 0) is 50.4 Å². The Bertz CT molecular complexity index is 649. The molecule has 4 N–H and O–H groups in total. The molecule has 2 aliphatic heterocycles. The van der Waals surface area contributed by atoms with Crippen LogP contribution in [0.5, 0.6) is 0 Å². The van der Waals surface area contributed by atoms with Crippen LogP contribution in [0, 0.1) is 23.7 Å². The summed E-state index contributed by atoms with van der Waals surface area (Å²) < 4.78 is 44.3. The first-order valence-corrected chi connectivity index (χ1v) is 12.0. The van der Waals surface area contributed by atoms with E-state index in [2.05, 4.69) is 21.1 Å². The molecule has 0 bridgehead atoms. The summed E-state index contributed by atoms with van der Waals surface area (Å²) in [6.45, 7) is 3.85. The molecule has 2 heterocycles. The first kappa shape index (κ1) is 22.2.